The van der Waals surface area contributed by atoms with E-state index in [2.05, 4.69) is 17.2 Å². The predicted molar refractivity (Wildman–Crippen MR) is 64.7 cm³/mol. The maximum Gasteiger partial charge on any atom is 0.303 e. The van der Waals surface area contributed by atoms with Gasteiger partial charge in [-0.25, -0.2) is 0 Å². The SMILES string of the molecule is CCCCc1cn(CCCCCC(=O)O)nn1. The second kappa shape index (κ2) is 7.81. The van der Waals surface area contributed by atoms with Crippen molar-refractivity contribution in [2.45, 2.75) is 58.4 Å². The predicted octanol–water partition coefficient (Wildman–Crippen LogP) is 2.27. The van der Waals surface area contributed by atoms with Crippen LogP contribution in [0.2, 0.25) is 0 Å². The molecule has 1 rings (SSSR count). The lowest BCUT2D eigenvalue weighted by molar-refractivity contribution is -0.137. The van der Waals surface area contributed by atoms with Crippen molar-refractivity contribution in [3.05, 3.63) is 11.9 Å². The summed E-state index contributed by atoms with van der Waals surface area (Å²) in [5.74, 6) is -0.715. The molecule has 5 nitrogen and oxygen atoms in total. The number of carboxylic acid groups (broad SMARTS) is 1. The van der Waals surface area contributed by atoms with Gasteiger partial charge in [-0.2, -0.15) is 0 Å². The van der Waals surface area contributed by atoms with E-state index >= 15 is 0 Å². The average molecular weight is 239 g/mol. The molecule has 0 bridgehead atoms. The number of nitrogens with zero attached hydrogens (tertiary/aromatic N) is 3. The number of aromatic nitrogens is 3. The van der Waals surface area contributed by atoms with Crippen molar-refractivity contribution in [3.8, 4) is 0 Å². The topological polar surface area (TPSA) is 68.0 Å². The largest absolute Gasteiger partial charge is 0.481 e. The Morgan fingerprint density at radius 2 is 2.18 bits per heavy atom. The Morgan fingerprint density at radius 3 is 2.88 bits per heavy atom. The first-order valence-electron chi connectivity index (χ1n) is 6.33. The summed E-state index contributed by atoms with van der Waals surface area (Å²) in [6, 6.07) is 0. The minimum Gasteiger partial charge on any atom is -0.481 e. The first-order chi connectivity index (χ1) is 8.22. The Kier molecular flexibility index (Phi) is 6.29. The standard InChI is InChI=1S/C12H21N3O2/c1-2-3-7-11-10-15(14-13-11)9-6-4-5-8-12(16)17/h10H,2-9H2,1H3,(H,16,17). The molecule has 0 amide bonds. The van der Waals surface area contributed by atoms with Gasteiger partial charge in [-0.05, 0) is 25.7 Å². The lowest BCUT2D eigenvalue weighted by Gasteiger charge is -1.99. The molecule has 0 atom stereocenters. The van der Waals surface area contributed by atoms with Gasteiger partial charge in [0.15, 0.2) is 0 Å². The molecule has 17 heavy (non-hydrogen) atoms. The lowest BCUT2D eigenvalue weighted by atomic mass is 10.2. The summed E-state index contributed by atoms with van der Waals surface area (Å²) in [7, 11) is 0. The number of carboxylic acids is 1. The molecule has 1 aromatic heterocycles. The molecule has 96 valence electrons. The first kappa shape index (κ1) is 13.7. The van der Waals surface area contributed by atoms with Crippen LogP contribution in [0.1, 0.15) is 51.1 Å². The molecule has 0 radical (unpaired) electrons. The zero-order chi connectivity index (χ0) is 12.5. The minimum atomic E-state index is -0.715. The van der Waals surface area contributed by atoms with E-state index in [4.69, 9.17) is 5.11 Å². The van der Waals surface area contributed by atoms with Gasteiger partial charge in [0.2, 0.25) is 0 Å². The number of unbranched alkanes of at least 4 members (excludes halogenated alkanes) is 3. The number of hydrogen-bond acceptors (Lipinski definition) is 3. The summed E-state index contributed by atoms with van der Waals surface area (Å²) < 4.78 is 1.85. The van der Waals surface area contributed by atoms with Crippen molar-refractivity contribution in [3.63, 3.8) is 0 Å². The van der Waals surface area contributed by atoms with Gasteiger partial charge < -0.3 is 5.11 Å². The fourth-order valence-corrected chi connectivity index (χ4v) is 1.65. The third-order valence-electron chi connectivity index (χ3n) is 2.65. The van der Waals surface area contributed by atoms with E-state index < -0.39 is 5.97 Å². The minimum absolute atomic E-state index is 0.263. The Balaban J connectivity index is 2.14. The number of aliphatic carboxylic acids is 1. The van der Waals surface area contributed by atoms with Gasteiger partial charge in [0.05, 0.1) is 5.69 Å². The molecule has 0 aromatic carbocycles. The van der Waals surface area contributed by atoms with Crippen LogP contribution in [0.3, 0.4) is 0 Å². The fourth-order valence-electron chi connectivity index (χ4n) is 1.65. The van der Waals surface area contributed by atoms with Crippen molar-refractivity contribution in [1.29, 1.82) is 0 Å². The molecule has 5 heteroatoms. The molecule has 0 saturated heterocycles. The molecular formula is C12H21N3O2. The third kappa shape index (κ3) is 6.04. The van der Waals surface area contributed by atoms with Gasteiger partial charge in [0.1, 0.15) is 0 Å². The Morgan fingerprint density at radius 1 is 1.35 bits per heavy atom. The van der Waals surface area contributed by atoms with E-state index in [1.54, 1.807) is 0 Å². The van der Waals surface area contributed by atoms with Crippen LogP contribution >= 0.6 is 0 Å². The van der Waals surface area contributed by atoms with Crippen molar-refractivity contribution in [2.75, 3.05) is 0 Å². The van der Waals surface area contributed by atoms with Crippen LogP contribution < -0.4 is 0 Å². The Labute approximate surface area is 102 Å². The number of rotatable bonds is 9. The normalized spacial score (nSPS) is 10.6. The van der Waals surface area contributed by atoms with Crippen LogP contribution in [0, 0.1) is 0 Å². The lowest BCUT2D eigenvalue weighted by Crippen LogP contribution is -2.00. The Bertz CT molecular complexity index is 336. The van der Waals surface area contributed by atoms with Crippen LogP contribution in [0.15, 0.2) is 6.20 Å². The zero-order valence-electron chi connectivity index (χ0n) is 10.4. The molecular weight excluding hydrogens is 218 g/mol. The highest BCUT2D eigenvalue weighted by molar-refractivity contribution is 5.66. The quantitative estimate of drug-likeness (QED) is 0.671. The van der Waals surface area contributed by atoms with Gasteiger partial charge in [0.25, 0.3) is 0 Å². The third-order valence-corrected chi connectivity index (χ3v) is 2.65. The highest BCUT2D eigenvalue weighted by Gasteiger charge is 2.01. The van der Waals surface area contributed by atoms with Crippen LogP contribution in [0.25, 0.3) is 0 Å². The van der Waals surface area contributed by atoms with Gasteiger partial charge in [-0.1, -0.05) is 25.0 Å². The number of hydrogen-bond donors (Lipinski definition) is 1. The van der Waals surface area contributed by atoms with Gasteiger partial charge in [0, 0.05) is 19.2 Å². The van der Waals surface area contributed by atoms with Gasteiger partial charge in [-0.3, -0.25) is 9.48 Å². The summed E-state index contributed by atoms with van der Waals surface area (Å²) in [6.07, 6.45) is 8.20. The Hall–Kier alpha value is -1.39. The highest BCUT2D eigenvalue weighted by atomic mass is 16.4. The van der Waals surface area contributed by atoms with Crippen molar-refractivity contribution in [1.82, 2.24) is 15.0 Å². The summed E-state index contributed by atoms with van der Waals surface area (Å²) in [6.45, 7) is 2.99. The molecule has 0 unspecified atom stereocenters. The molecule has 0 saturated carbocycles. The summed E-state index contributed by atoms with van der Waals surface area (Å²) in [5, 5.41) is 16.6. The van der Waals surface area contributed by atoms with Gasteiger partial charge >= 0.3 is 5.97 Å². The van der Waals surface area contributed by atoms with E-state index in [1.165, 1.54) is 6.42 Å². The number of aryl methyl sites for hydroxylation is 2. The second-order valence-corrected chi connectivity index (χ2v) is 4.28. The maximum absolute atomic E-state index is 10.3. The van der Waals surface area contributed by atoms with Crippen molar-refractivity contribution in [2.24, 2.45) is 0 Å². The van der Waals surface area contributed by atoms with Crippen LogP contribution in [0.5, 0.6) is 0 Å². The average Bonchev–Trinajstić information content (AvgIpc) is 2.73. The van der Waals surface area contributed by atoms with Crippen LogP contribution in [-0.2, 0) is 17.8 Å². The zero-order valence-corrected chi connectivity index (χ0v) is 10.4. The van der Waals surface area contributed by atoms with E-state index in [1.807, 2.05) is 10.9 Å². The maximum atomic E-state index is 10.3. The van der Waals surface area contributed by atoms with Crippen LogP contribution in [-0.4, -0.2) is 26.1 Å². The molecule has 0 spiro atoms. The van der Waals surface area contributed by atoms with Crippen molar-refractivity contribution < 1.29 is 9.90 Å². The smallest absolute Gasteiger partial charge is 0.303 e. The van der Waals surface area contributed by atoms with E-state index in [-0.39, 0.29) is 6.42 Å². The van der Waals surface area contributed by atoms with Crippen molar-refractivity contribution >= 4 is 5.97 Å². The van der Waals surface area contributed by atoms with Gasteiger partial charge in [-0.15, -0.1) is 5.10 Å². The summed E-state index contributed by atoms with van der Waals surface area (Å²) in [4.78, 5) is 10.3. The molecule has 1 aromatic rings. The highest BCUT2D eigenvalue weighted by Crippen LogP contribution is 2.04. The van der Waals surface area contributed by atoms with E-state index in [0.717, 1.165) is 44.3 Å². The van der Waals surface area contributed by atoms with E-state index in [0.29, 0.717) is 0 Å². The molecule has 0 fully saturated rings. The molecule has 1 N–H and O–H groups in total. The van der Waals surface area contributed by atoms with E-state index in [9.17, 15) is 4.79 Å². The fraction of sp³-hybridized carbons (Fsp3) is 0.750. The summed E-state index contributed by atoms with van der Waals surface area (Å²) in [5.41, 5.74) is 1.05. The monoisotopic (exact) mass is 239 g/mol. The van der Waals surface area contributed by atoms with Crippen LogP contribution in [0.4, 0.5) is 0 Å². The summed E-state index contributed by atoms with van der Waals surface area (Å²) >= 11 is 0. The molecule has 0 aliphatic rings. The number of carbonyl (C=O) groups is 1. The molecule has 0 aliphatic carbocycles. The second-order valence-electron chi connectivity index (χ2n) is 4.28. The molecule has 0 aliphatic heterocycles. The molecule has 1 heterocycles. The first-order valence-corrected chi connectivity index (χ1v) is 6.33.